The van der Waals surface area contributed by atoms with Gasteiger partial charge in [0.15, 0.2) is 5.15 Å². The maximum Gasteiger partial charge on any atom is 0.262 e. The fourth-order valence-electron chi connectivity index (χ4n) is 5.22. The van der Waals surface area contributed by atoms with Crippen LogP contribution in [-0.2, 0) is 18.2 Å². The Morgan fingerprint density at radius 3 is 2.62 bits per heavy atom. The van der Waals surface area contributed by atoms with Crippen molar-refractivity contribution < 1.29 is 4.74 Å². The van der Waals surface area contributed by atoms with Crippen molar-refractivity contribution in [1.29, 1.82) is 0 Å². The summed E-state index contributed by atoms with van der Waals surface area (Å²) in [7, 11) is 1.76. The van der Waals surface area contributed by atoms with Gasteiger partial charge in [0, 0.05) is 43.6 Å². The molecule has 170 valence electrons. The Bertz CT molecular complexity index is 1190. The summed E-state index contributed by atoms with van der Waals surface area (Å²) in [6, 6.07) is 1.68. The van der Waals surface area contributed by atoms with E-state index in [9.17, 15) is 4.79 Å². The van der Waals surface area contributed by atoms with Crippen LogP contribution in [0.1, 0.15) is 36.6 Å². The second-order valence-corrected chi connectivity index (χ2v) is 9.75. The molecular formula is C22H26Cl2N6O2. The number of ether oxygens (including phenoxy) is 1. The van der Waals surface area contributed by atoms with Crippen molar-refractivity contribution in [3.8, 4) is 0 Å². The van der Waals surface area contributed by atoms with Gasteiger partial charge in [0.2, 0.25) is 5.95 Å². The number of halogens is 2. The van der Waals surface area contributed by atoms with E-state index in [-0.39, 0.29) is 39.1 Å². The maximum absolute atomic E-state index is 13.4. The number of nitrogen functional groups attached to an aromatic ring is 1. The maximum atomic E-state index is 13.4. The molecule has 2 atom stereocenters. The zero-order valence-corrected chi connectivity index (χ0v) is 19.6. The number of anilines is 2. The lowest BCUT2D eigenvalue weighted by atomic mass is 9.73. The van der Waals surface area contributed by atoms with E-state index in [1.54, 1.807) is 17.7 Å². The van der Waals surface area contributed by atoms with E-state index in [0.29, 0.717) is 35.7 Å². The second kappa shape index (κ2) is 7.73. The lowest BCUT2D eigenvalue weighted by molar-refractivity contribution is 0.0973. The van der Waals surface area contributed by atoms with Gasteiger partial charge in [-0.1, -0.05) is 29.3 Å². The lowest BCUT2D eigenvalue weighted by Crippen LogP contribution is -2.51. The molecule has 0 bridgehead atoms. The van der Waals surface area contributed by atoms with Gasteiger partial charge in [-0.05, 0) is 31.4 Å². The summed E-state index contributed by atoms with van der Waals surface area (Å²) in [5.74, 6) is 0.924. The Hall–Kier alpha value is -2.13. The topological polar surface area (TPSA) is 112 Å². The third kappa shape index (κ3) is 3.23. The molecule has 4 heterocycles. The zero-order chi connectivity index (χ0) is 22.8. The Kier molecular flexibility index (Phi) is 5.24. The highest BCUT2D eigenvalue weighted by molar-refractivity contribution is 6.42. The molecule has 1 aliphatic carbocycles. The van der Waals surface area contributed by atoms with Crippen LogP contribution >= 0.6 is 23.2 Å². The first-order valence-electron chi connectivity index (χ1n) is 10.8. The van der Waals surface area contributed by atoms with Crippen molar-refractivity contribution in [3.63, 3.8) is 0 Å². The van der Waals surface area contributed by atoms with Gasteiger partial charge in [0.25, 0.3) is 5.56 Å². The van der Waals surface area contributed by atoms with Crippen molar-refractivity contribution >= 4 is 40.5 Å². The standard InChI is InChI=1S/C22H26Cl2N6O2/c1-11-18(26)22(10-32-11)5-7-30(8-6-22)21-27-14-4-3-12(16(14)20(31)29(21)2)13-9-15(25)28-19(24)17(13)23/h3,9,11,18H,4-8,10,26H2,1-2H3,(H2,25,28)/t11-,18+/m0/s1. The SMILES string of the molecule is C[C@@H]1OCC2(CCN(c3nc4c(c(=O)n3C)C(c3cc(N)nc(Cl)c3Cl)=CC4)CC2)[C@@H]1N. The average molecular weight is 477 g/mol. The van der Waals surface area contributed by atoms with E-state index in [1.807, 2.05) is 13.0 Å². The Morgan fingerprint density at radius 2 is 1.97 bits per heavy atom. The van der Waals surface area contributed by atoms with Crippen molar-refractivity contribution in [2.24, 2.45) is 18.2 Å². The minimum absolute atomic E-state index is 0.0114. The minimum Gasteiger partial charge on any atom is -0.384 e. The molecule has 0 aromatic carbocycles. The highest BCUT2D eigenvalue weighted by Crippen LogP contribution is 2.42. The molecule has 5 rings (SSSR count). The van der Waals surface area contributed by atoms with E-state index in [2.05, 4.69) is 9.88 Å². The summed E-state index contributed by atoms with van der Waals surface area (Å²) in [5, 5.41) is 0.389. The quantitative estimate of drug-likeness (QED) is 0.639. The van der Waals surface area contributed by atoms with Gasteiger partial charge < -0.3 is 21.1 Å². The van der Waals surface area contributed by atoms with Crippen molar-refractivity contribution in [2.75, 3.05) is 30.3 Å². The summed E-state index contributed by atoms with van der Waals surface area (Å²) in [5.41, 5.74) is 14.8. The monoisotopic (exact) mass is 476 g/mol. The third-order valence-electron chi connectivity index (χ3n) is 7.23. The smallest absolute Gasteiger partial charge is 0.262 e. The number of hydrogen-bond donors (Lipinski definition) is 2. The molecule has 2 aliphatic heterocycles. The Labute approximate surface area is 196 Å². The summed E-state index contributed by atoms with van der Waals surface area (Å²) >= 11 is 12.5. The predicted octanol–water partition coefficient (Wildman–Crippen LogP) is 2.38. The molecule has 32 heavy (non-hydrogen) atoms. The van der Waals surface area contributed by atoms with E-state index < -0.39 is 0 Å². The van der Waals surface area contributed by atoms with E-state index in [1.165, 1.54) is 0 Å². The summed E-state index contributed by atoms with van der Waals surface area (Å²) < 4.78 is 7.44. The molecule has 2 aromatic rings. The van der Waals surface area contributed by atoms with Crippen LogP contribution in [0, 0.1) is 5.41 Å². The van der Waals surface area contributed by atoms with Crippen molar-refractivity contribution in [1.82, 2.24) is 14.5 Å². The Balaban J connectivity index is 1.46. The second-order valence-electron chi connectivity index (χ2n) is 9.01. The highest BCUT2D eigenvalue weighted by Gasteiger charge is 2.48. The number of rotatable bonds is 2. The van der Waals surface area contributed by atoms with E-state index in [0.717, 1.165) is 31.6 Å². The molecule has 2 fully saturated rings. The highest BCUT2D eigenvalue weighted by atomic mass is 35.5. The largest absolute Gasteiger partial charge is 0.384 e. The number of hydrogen-bond acceptors (Lipinski definition) is 7. The molecule has 0 radical (unpaired) electrons. The van der Waals surface area contributed by atoms with Gasteiger partial charge in [-0.15, -0.1) is 0 Å². The Morgan fingerprint density at radius 1 is 1.25 bits per heavy atom. The third-order valence-corrected chi connectivity index (χ3v) is 7.98. The number of nitrogens with zero attached hydrogens (tertiary/aromatic N) is 4. The fraction of sp³-hybridized carbons (Fsp3) is 0.500. The minimum atomic E-state index is -0.119. The number of aromatic nitrogens is 3. The number of nitrogens with two attached hydrogens (primary N) is 2. The fourth-order valence-corrected chi connectivity index (χ4v) is 5.62. The van der Waals surface area contributed by atoms with Crippen molar-refractivity contribution in [3.05, 3.63) is 49.5 Å². The van der Waals surface area contributed by atoms with Crippen LogP contribution in [0.5, 0.6) is 0 Å². The number of fused-ring (bicyclic) bond motifs is 1. The molecule has 3 aliphatic rings. The van der Waals surface area contributed by atoms with Gasteiger partial charge in [-0.3, -0.25) is 9.36 Å². The van der Waals surface area contributed by atoms with Gasteiger partial charge in [-0.25, -0.2) is 9.97 Å². The van der Waals surface area contributed by atoms with Gasteiger partial charge in [0.05, 0.1) is 29.0 Å². The molecule has 8 nitrogen and oxygen atoms in total. The van der Waals surface area contributed by atoms with Crippen LogP contribution in [0.25, 0.3) is 5.57 Å². The molecule has 10 heteroatoms. The number of pyridine rings is 1. The van der Waals surface area contributed by atoms with E-state index in [4.69, 9.17) is 44.4 Å². The number of piperidine rings is 1. The zero-order valence-electron chi connectivity index (χ0n) is 18.1. The first-order chi connectivity index (χ1) is 15.2. The van der Waals surface area contributed by atoms with Crippen LogP contribution in [0.2, 0.25) is 10.2 Å². The molecule has 2 saturated heterocycles. The van der Waals surface area contributed by atoms with Gasteiger partial charge in [-0.2, -0.15) is 0 Å². The number of allylic oxidation sites excluding steroid dienone is 1. The predicted molar refractivity (Wildman–Crippen MR) is 126 cm³/mol. The van der Waals surface area contributed by atoms with Crippen LogP contribution in [0.4, 0.5) is 11.8 Å². The molecule has 2 aromatic heterocycles. The summed E-state index contributed by atoms with van der Waals surface area (Å²) in [6.07, 6.45) is 4.40. The molecule has 4 N–H and O–H groups in total. The van der Waals surface area contributed by atoms with Crippen LogP contribution in [-0.4, -0.2) is 46.4 Å². The molecular weight excluding hydrogens is 451 g/mol. The first-order valence-corrected chi connectivity index (χ1v) is 11.5. The molecule has 0 saturated carbocycles. The lowest BCUT2D eigenvalue weighted by Gasteiger charge is -2.41. The van der Waals surface area contributed by atoms with Gasteiger partial charge >= 0.3 is 0 Å². The van der Waals surface area contributed by atoms with Crippen LogP contribution in [0.15, 0.2) is 16.9 Å². The van der Waals surface area contributed by atoms with E-state index >= 15 is 0 Å². The molecule has 1 spiro atoms. The first kappa shape index (κ1) is 21.7. The molecule has 0 amide bonds. The van der Waals surface area contributed by atoms with Crippen LogP contribution < -0.4 is 21.9 Å². The normalized spacial score (nSPS) is 24.2. The molecule has 0 unspecified atom stereocenters. The average Bonchev–Trinajstić information content (AvgIpc) is 3.31. The van der Waals surface area contributed by atoms with Gasteiger partial charge in [0.1, 0.15) is 5.82 Å². The van der Waals surface area contributed by atoms with Crippen LogP contribution in [0.3, 0.4) is 0 Å². The van der Waals surface area contributed by atoms with Crippen molar-refractivity contribution in [2.45, 2.75) is 38.3 Å². The summed E-state index contributed by atoms with van der Waals surface area (Å²) in [6.45, 7) is 4.31. The summed E-state index contributed by atoms with van der Waals surface area (Å²) in [4.78, 5) is 24.5.